The van der Waals surface area contributed by atoms with Crippen LogP contribution in [-0.4, -0.2) is 25.3 Å². The number of pyridine rings is 1. The van der Waals surface area contributed by atoms with E-state index < -0.39 is 14.2 Å². The highest BCUT2D eigenvalue weighted by Gasteiger charge is 2.27. The Hall–Kier alpha value is -1.88. The first kappa shape index (κ1) is 15.5. The van der Waals surface area contributed by atoms with Crippen LogP contribution in [0.4, 0.5) is 4.79 Å². The van der Waals surface area contributed by atoms with Crippen molar-refractivity contribution in [2.75, 3.05) is 6.61 Å². The fourth-order valence-corrected chi connectivity index (χ4v) is 4.77. The smallest absolute Gasteiger partial charge is 0.421 e. The number of ether oxygens (including phenoxy) is 1. The Bertz CT molecular complexity index is 756. The number of benzene rings is 1. The predicted octanol–water partition coefficient (Wildman–Crippen LogP) is 2.86. The lowest BCUT2D eigenvalue weighted by molar-refractivity contribution is 0.154. The highest BCUT2D eigenvalue weighted by molar-refractivity contribution is 6.89. The van der Waals surface area contributed by atoms with Crippen LogP contribution in [0.15, 0.2) is 29.1 Å². The SMILES string of the molecule is CCOC(=O)n1c(=O)c([Si](C)(C)C)c(C)c2ccccc21. The Morgan fingerprint density at radius 3 is 2.43 bits per heavy atom. The highest BCUT2D eigenvalue weighted by Crippen LogP contribution is 2.17. The standard InChI is InChI=1S/C16H21NO3Si/c1-6-20-16(19)17-13-10-8-7-9-12(13)11(2)14(15(17)18)21(3,4)5/h7-10H,6H2,1-5H3. The van der Waals surface area contributed by atoms with Crippen LogP contribution in [0.25, 0.3) is 10.9 Å². The second-order valence-corrected chi connectivity index (χ2v) is 11.1. The first-order chi connectivity index (χ1) is 9.79. The van der Waals surface area contributed by atoms with E-state index in [1.165, 1.54) is 4.57 Å². The molecule has 4 nitrogen and oxygen atoms in total. The van der Waals surface area contributed by atoms with Crippen LogP contribution in [0.3, 0.4) is 0 Å². The maximum atomic E-state index is 12.9. The van der Waals surface area contributed by atoms with Crippen molar-refractivity contribution >= 4 is 30.3 Å². The van der Waals surface area contributed by atoms with E-state index in [0.29, 0.717) is 5.52 Å². The van der Waals surface area contributed by atoms with Crippen molar-refractivity contribution in [2.45, 2.75) is 33.5 Å². The third-order valence-corrected chi connectivity index (χ3v) is 5.63. The zero-order chi connectivity index (χ0) is 15.8. The number of carbonyl (C=O) groups is 1. The number of hydrogen-bond acceptors (Lipinski definition) is 3. The largest absolute Gasteiger partial charge is 0.449 e. The van der Waals surface area contributed by atoms with Crippen molar-refractivity contribution in [3.8, 4) is 0 Å². The Kier molecular flexibility index (Phi) is 4.05. The number of aryl methyl sites for hydroxylation is 1. The van der Waals surface area contributed by atoms with Gasteiger partial charge in [0.2, 0.25) is 0 Å². The minimum atomic E-state index is -1.88. The Morgan fingerprint density at radius 1 is 1.24 bits per heavy atom. The molecular formula is C16H21NO3Si. The van der Waals surface area contributed by atoms with Crippen LogP contribution < -0.4 is 10.7 Å². The number of carbonyl (C=O) groups excluding carboxylic acids is 1. The van der Waals surface area contributed by atoms with Crippen LogP contribution in [0.1, 0.15) is 12.5 Å². The average molecular weight is 303 g/mol. The van der Waals surface area contributed by atoms with Gasteiger partial charge in [-0.05, 0) is 25.5 Å². The van der Waals surface area contributed by atoms with Crippen molar-refractivity contribution < 1.29 is 9.53 Å². The van der Waals surface area contributed by atoms with E-state index in [9.17, 15) is 9.59 Å². The zero-order valence-corrected chi connectivity index (χ0v) is 14.2. The van der Waals surface area contributed by atoms with Crippen molar-refractivity contribution in [2.24, 2.45) is 0 Å². The minimum absolute atomic E-state index is 0.233. The third kappa shape index (κ3) is 2.65. The second-order valence-electron chi connectivity index (χ2n) is 6.11. The van der Waals surface area contributed by atoms with Gasteiger partial charge in [0, 0.05) is 10.6 Å². The topological polar surface area (TPSA) is 48.3 Å². The predicted molar refractivity (Wildman–Crippen MR) is 88.3 cm³/mol. The number of nitrogens with zero attached hydrogens (tertiary/aromatic N) is 1. The molecule has 0 aliphatic carbocycles. The summed E-state index contributed by atoms with van der Waals surface area (Å²) in [6.45, 7) is 10.3. The molecule has 5 heteroatoms. The van der Waals surface area contributed by atoms with Crippen molar-refractivity contribution in [3.63, 3.8) is 0 Å². The summed E-state index contributed by atoms with van der Waals surface area (Å²) in [5.74, 6) is 0. The third-order valence-electron chi connectivity index (χ3n) is 3.54. The lowest BCUT2D eigenvalue weighted by Gasteiger charge is -2.22. The minimum Gasteiger partial charge on any atom is -0.449 e. The molecule has 0 bridgehead atoms. The summed E-state index contributed by atoms with van der Waals surface area (Å²) in [5, 5.41) is 1.72. The summed E-state index contributed by atoms with van der Waals surface area (Å²) in [7, 11) is -1.88. The Balaban J connectivity index is 2.96. The Morgan fingerprint density at radius 2 is 1.86 bits per heavy atom. The van der Waals surface area contributed by atoms with Gasteiger partial charge in [-0.25, -0.2) is 9.36 Å². The van der Waals surface area contributed by atoms with Crippen molar-refractivity contribution in [1.29, 1.82) is 0 Å². The number of aromatic nitrogens is 1. The molecule has 1 aromatic carbocycles. The van der Waals surface area contributed by atoms with E-state index in [4.69, 9.17) is 4.74 Å². The number of hydrogen-bond donors (Lipinski definition) is 0. The van der Waals surface area contributed by atoms with Crippen LogP contribution in [0, 0.1) is 6.92 Å². The van der Waals surface area contributed by atoms with E-state index in [1.807, 2.05) is 25.1 Å². The first-order valence-electron chi connectivity index (χ1n) is 7.11. The number of rotatable bonds is 2. The van der Waals surface area contributed by atoms with E-state index >= 15 is 0 Å². The summed E-state index contributed by atoms with van der Waals surface area (Å²) >= 11 is 0. The Labute approximate surface area is 125 Å². The van der Waals surface area contributed by atoms with Crippen LogP contribution in [-0.2, 0) is 4.74 Å². The summed E-state index contributed by atoms with van der Waals surface area (Å²) in [6.07, 6.45) is -0.599. The van der Waals surface area contributed by atoms with E-state index in [1.54, 1.807) is 13.0 Å². The lowest BCUT2D eigenvalue weighted by Crippen LogP contribution is -2.53. The van der Waals surface area contributed by atoms with Gasteiger partial charge in [-0.1, -0.05) is 37.8 Å². The molecule has 0 spiro atoms. The molecule has 1 heterocycles. The van der Waals surface area contributed by atoms with Gasteiger partial charge in [0.25, 0.3) is 5.56 Å². The molecular weight excluding hydrogens is 282 g/mol. The average Bonchev–Trinajstić information content (AvgIpc) is 2.37. The van der Waals surface area contributed by atoms with Crippen LogP contribution in [0.2, 0.25) is 19.6 Å². The summed E-state index contributed by atoms with van der Waals surface area (Å²) in [5.41, 5.74) is 1.36. The lowest BCUT2D eigenvalue weighted by atomic mass is 10.1. The molecule has 0 aliphatic heterocycles. The van der Waals surface area contributed by atoms with Gasteiger partial charge < -0.3 is 4.74 Å². The summed E-state index contributed by atoms with van der Waals surface area (Å²) < 4.78 is 6.24. The van der Waals surface area contributed by atoms with Gasteiger partial charge >= 0.3 is 6.09 Å². The maximum Gasteiger partial charge on any atom is 0.421 e. The molecule has 0 saturated heterocycles. The molecule has 0 amide bonds. The van der Waals surface area contributed by atoms with E-state index in [0.717, 1.165) is 16.1 Å². The van der Waals surface area contributed by atoms with Crippen LogP contribution >= 0.6 is 0 Å². The molecule has 2 rings (SSSR count). The van der Waals surface area contributed by atoms with Gasteiger partial charge in [-0.3, -0.25) is 4.79 Å². The molecule has 0 radical (unpaired) electrons. The summed E-state index contributed by atoms with van der Waals surface area (Å²) in [4.78, 5) is 25.1. The molecule has 0 fully saturated rings. The molecule has 0 aliphatic rings. The number of para-hydroxylation sites is 1. The molecule has 112 valence electrons. The normalized spacial score (nSPS) is 11.7. The molecule has 0 atom stereocenters. The zero-order valence-electron chi connectivity index (χ0n) is 13.2. The van der Waals surface area contributed by atoms with Gasteiger partial charge in [0.15, 0.2) is 0 Å². The molecule has 2 aromatic rings. The van der Waals surface area contributed by atoms with E-state index in [-0.39, 0.29) is 12.2 Å². The van der Waals surface area contributed by atoms with Gasteiger partial charge in [0.1, 0.15) is 0 Å². The summed E-state index contributed by atoms with van der Waals surface area (Å²) in [6, 6.07) is 7.48. The molecule has 0 N–H and O–H groups in total. The maximum absolute atomic E-state index is 12.9. The molecule has 0 unspecified atom stereocenters. The first-order valence-corrected chi connectivity index (χ1v) is 10.6. The highest BCUT2D eigenvalue weighted by atomic mass is 28.3. The second kappa shape index (κ2) is 5.48. The van der Waals surface area contributed by atoms with Gasteiger partial charge in [-0.2, -0.15) is 0 Å². The van der Waals surface area contributed by atoms with Crippen molar-refractivity contribution in [3.05, 3.63) is 40.2 Å². The molecule has 21 heavy (non-hydrogen) atoms. The number of fused-ring (bicyclic) bond motifs is 1. The molecule has 0 saturated carbocycles. The fourth-order valence-electron chi connectivity index (χ4n) is 2.75. The monoisotopic (exact) mass is 303 g/mol. The fraction of sp³-hybridized carbons (Fsp3) is 0.375. The van der Waals surface area contributed by atoms with Crippen LogP contribution in [0.5, 0.6) is 0 Å². The van der Waals surface area contributed by atoms with Gasteiger partial charge in [0.05, 0.1) is 20.2 Å². The van der Waals surface area contributed by atoms with E-state index in [2.05, 4.69) is 19.6 Å². The van der Waals surface area contributed by atoms with Crippen molar-refractivity contribution in [1.82, 2.24) is 4.57 Å². The van der Waals surface area contributed by atoms with Gasteiger partial charge in [-0.15, -0.1) is 0 Å². The quantitative estimate of drug-likeness (QED) is 0.802. The molecule has 1 aromatic heterocycles.